The number of aromatic nitrogens is 1. The summed E-state index contributed by atoms with van der Waals surface area (Å²) in [5, 5.41) is 6.10. The van der Waals surface area contributed by atoms with Crippen LogP contribution in [0.1, 0.15) is 34.1 Å². The average molecular weight is 424 g/mol. The molecule has 1 aliphatic heterocycles. The molecule has 1 N–H and O–H groups in total. The lowest BCUT2D eigenvalue weighted by Crippen LogP contribution is -2.53. The number of anilines is 1. The molecule has 0 radical (unpaired) electrons. The number of aryl methyl sites for hydroxylation is 2. The van der Waals surface area contributed by atoms with Crippen molar-refractivity contribution in [1.29, 1.82) is 0 Å². The molecule has 1 aromatic heterocycles. The van der Waals surface area contributed by atoms with Gasteiger partial charge in [-0.25, -0.2) is 0 Å². The van der Waals surface area contributed by atoms with Crippen molar-refractivity contribution in [2.45, 2.75) is 26.2 Å². The van der Waals surface area contributed by atoms with E-state index in [0.29, 0.717) is 5.56 Å². The van der Waals surface area contributed by atoms with E-state index in [1.54, 1.807) is 24.1 Å². The molecule has 1 unspecified atom stereocenters. The van der Waals surface area contributed by atoms with E-state index in [1.807, 2.05) is 57.2 Å². The Kier molecular flexibility index (Phi) is 4.52. The van der Waals surface area contributed by atoms with E-state index in [-0.39, 0.29) is 18.4 Å². The number of nitrogens with zero attached hydrogens (tertiary/aromatic N) is 2. The second-order valence-electron chi connectivity index (χ2n) is 8.88. The number of fused-ring (bicyclic) bond motifs is 2. The first-order valence-electron chi connectivity index (χ1n) is 10.8. The van der Waals surface area contributed by atoms with Crippen molar-refractivity contribution < 1.29 is 9.59 Å². The Bertz CT molecular complexity index is 1410. The van der Waals surface area contributed by atoms with Crippen LogP contribution in [0.2, 0.25) is 0 Å². The fraction of sp³-hybridized carbons (Fsp3) is 0.222. The Hall–Kier alpha value is -3.73. The Labute approximate surface area is 187 Å². The molecule has 0 aliphatic carbocycles. The van der Waals surface area contributed by atoms with Crippen molar-refractivity contribution in [1.82, 2.24) is 10.3 Å². The Morgan fingerprint density at radius 1 is 1.00 bits per heavy atom. The van der Waals surface area contributed by atoms with E-state index < -0.39 is 5.41 Å². The van der Waals surface area contributed by atoms with Crippen molar-refractivity contribution in [3.05, 3.63) is 83.0 Å². The molecule has 160 valence electrons. The van der Waals surface area contributed by atoms with Crippen molar-refractivity contribution >= 4 is 39.2 Å². The van der Waals surface area contributed by atoms with Gasteiger partial charge in [-0.2, -0.15) is 0 Å². The smallest absolute Gasteiger partial charge is 0.251 e. The standard InChI is InChI=1S/C27H25N3O2/c1-16-11-13-18(14-12-16)25(31)28-15-27(3)24-22-19(8-6-10-21(22)30(4)26(27)32)20-9-5-7-17(2)23(20)29-24/h5-14H,15H2,1-4H3,(H,28,31). The number of likely N-dealkylation sites (N-methyl/N-ethyl adjacent to an activating group) is 1. The van der Waals surface area contributed by atoms with Gasteiger partial charge in [-0.05, 0) is 49.9 Å². The molecule has 5 nitrogen and oxygen atoms in total. The monoisotopic (exact) mass is 423 g/mol. The maximum Gasteiger partial charge on any atom is 0.251 e. The molecule has 5 heteroatoms. The van der Waals surface area contributed by atoms with Gasteiger partial charge in [-0.1, -0.05) is 48.0 Å². The van der Waals surface area contributed by atoms with Crippen LogP contribution in [0, 0.1) is 13.8 Å². The zero-order chi connectivity index (χ0) is 22.6. The van der Waals surface area contributed by atoms with E-state index >= 15 is 0 Å². The lowest BCUT2D eigenvalue weighted by molar-refractivity contribution is -0.123. The summed E-state index contributed by atoms with van der Waals surface area (Å²) in [7, 11) is 1.79. The molecule has 2 heterocycles. The van der Waals surface area contributed by atoms with E-state index in [1.165, 1.54) is 0 Å². The summed E-state index contributed by atoms with van der Waals surface area (Å²) in [5.74, 6) is -0.282. The first kappa shape index (κ1) is 20.2. The molecule has 0 saturated carbocycles. The van der Waals surface area contributed by atoms with E-state index in [4.69, 9.17) is 4.98 Å². The number of hydrogen-bond donors (Lipinski definition) is 1. The third-order valence-electron chi connectivity index (χ3n) is 6.61. The summed E-state index contributed by atoms with van der Waals surface area (Å²) in [5.41, 5.74) is 4.19. The molecule has 1 atom stereocenters. The zero-order valence-corrected chi connectivity index (χ0v) is 18.7. The van der Waals surface area contributed by atoms with Gasteiger partial charge in [0.25, 0.3) is 5.91 Å². The third kappa shape index (κ3) is 2.88. The number of amides is 2. The number of nitrogens with one attached hydrogen (secondary N) is 1. The Balaban J connectivity index is 1.66. The van der Waals surface area contributed by atoms with E-state index in [2.05, 4.69) is 17.4 Å². The summed E-state index contributed by atoms with van der Waals surface area (Å²) >= 11 is 0. The number of para-hydroxylation sites is 1. The molecular weight excluding hydrogens is 398 g/mol. The van der Waals surface area contributed by atoms with Crippen LogP contribution in [0.3, 0.4) is 0 Å². The largest absolute Gasteiger partial charge is 0.351 e. The topological polar surface area (TPSA) is 62.3 Å². The predicted molar refractivity (Wildman–Crippen MR) is 128 cm³/mol. The first-order chi connectivity index (χ1) is 15.3. The zero-order valence-electron chi connectivity index (χ0n) is 18.7. The number of pyridine rings is 1. The minimum absolute atomic E-state index is 0.0814. The lowest BCUT2D eigenvalue weighted by Gasteiger charge is -2.38. The molecule has 5 rings (SSSR count). The highest BCUT2D eigenvalue weighted by molar-refractivity contribution is 6.19. The Morgan fingerprint density at radius 3 is 2.44 bits per heavy atom. The molecule has 3 aromatic carbocycles. The van der Waals surface area contributed by atoms with E-state index in [0.717, 1.165) is 44.2 Å². The van der Waals surface area contributed by atoms with Crippen LogP contribution < -0.4 is 10.2 Å². The minimum Gasteiger partial charge on any atom is -0.351 e. The van der Waals surface area contributed by atoms with Crippen LogP contribution in [0.5, 0.6) is 0 Å². The molecule has 0 fully saturated rings. The van der Waals surface area contributed by atoms with Gasteiger partial charge in [0.2, 0.25) is 5.91 Å². The van der Waals surface area contributed by atoms with Gasteiger partial charge < -0.3 is 10.2 Å². The van der Waals surface area contributed by atoms with Crippen LogP contribution in [-0.4, -0.2) is 30.4 Å². The highest BCUT2D eigenvalue weighted by atomic mass is 16.2. The maximum atomic E-state index is 13.6. The van der Waals surface area contributed by atoms with Crippen molar-refractivity contribution in [2.24, 2.45) is 0 Å². The Morgan fingerprint density at radius 2 is 1.69 bits per heavy atom. The predicted octanol–water partition coefficient (Wildman–Crippen LogP) is 4.67. The highest BCUT2D eigenvalue weighted by Crippen LogP contribution is 2.43. The molecule has 0 bridgehead atoms. The summed E-state index contributed by atoms with van der Waals surface area (Å²) in [6, 6.07) is 19.6. The molecule has 32 heavy (non-hydrogen) atoms. The van der Waals surface area contributed by atoms with Gasteiger partial charge in [0.1, 0.15) is 5.41 Å². The third-order valence-corrected chi connectivity index (χ3v) is 6.61. The van der Waals surface area contributed by atoms with Crippen LogP contribution in [-0.2, 0) is 10.2 Å². The second kappa shape index (κ2) is 7.16. The summed E-state index contributed by atoms with van der Waals surface area (Å²) in [4.78, 5) is 33.2. The number of benzene rings is 3. The molecule has 1 aliphatic rings. The summed E-state index contributed by atoms with van der Waals surface area (Å²) in [6.07, 6.45) is 0. The maximum absolute atomic E-state index is 13.6. The minimum atomic E-state index is -0.988. The average Bonchev–Trinajstić information content (AvgIpc) is 2.80. The molecule has 0 saturated heterocycles. The van der Waals surface area contributed by atoms with Gasteiger partial charge in [0, 0.05) is 29.9 Å². The number of carbonyl (C=O) groups excluding carboxylic acids is 2. The van der Waals surface area contributed by atoms with Gasteiger partial charge in [-0.3, -0.25) is 14.6 Å². The van der Waals surface area contributed by atoms with Crippen molar-refractivity contribution in [3.63, 3.8) is 0 Å². The van der Waals surface area contributed by atoms with Crippen molar-refractivity contribution in [3.8, 4) is 0 Å². The summed E-state index contributed by atoms with van der Waals surface area (Å²) < 4.78 is 0. The summed E-state index contributed by atoms with van der Waals surface area (Å²) in [6.45, 7) is 6.06. The fourth-order valence-corrected chi connectivity index (χ4v) is 4.69. The van der Waals surface area contributed by atoms with Gasteiger partial charge in [-0.15, -0.1) is 0 Å². The van der Waals surface area contributed by atoms with E-state index in [9.17, 15) is 9.59 Å². The number of hydrogen-bond acceptors (Lipinski definition) is 3. The normalized spacial score (nSPS) is 17.8. The second-order valence-corrected chi connectivity index (χ2v) is 8.88. The first-order valence-corrected chi connectivity index (χ1v) is 10.8. The van der Waals surface area contributed by atoms with Crippen LogP contribution in [0.4, 0.5) is 5.69 Å². The number of carbonyl (C=O) groups is 2. The van der Waals surface area contributed by atoms with Gasteiger partial charge in [0.15, 0.2) is 0 Å². The molecule has 4 aromatic rings. The fourth-order valence-electron chi connectivity index (χ4n) is 4.69. The van der Waals surface area contributed by atoms with Crippen LogP contribution in [0.15, 0.2) is 60.7 Å². The van der Waals surface area contributed by atoms with Crippen molar-refractivity contribution in [2.75, 3.05) is 18.5 Å². The SMILES string of the molecule is Cc1ccc(C(=O)NCC2(C)C(=O)N(C)c3cccc4c3c2nc2c(C)cccc24)cc1. The molecule has 2 amide bonds. The van der Waals surface area contributed by atoms with Gasteiger partial charge in [0.05, 0.1) is 16.9 Å². The molecular formula is C27H25N3O2. The highest BCUT2D eigenvalue weighted by Gasteiger charge is 2.45. The molecule has 0 spiro atoms. The quantitative estimate of drug-likeness (QED) is 0.487. The lowest BCUT2D eigenvalue weighted by atomic mass is 9.78. The van der Waals surface area contributed by atoms with Gasteiger partial charge >= 0.3 is 0 Å². The van der Waals surface area contributed by atoms with Crippen LogP contribution in [0.25, 0.3) is 21.7 Å². The van der Waals surface area contributed by atoms with Crippen LogP contribution >= 0.6 is 0 Å². The number of rotatable bonds is 3.